The molecular weight excluding hydrogens is 330 g/mol. The second-order valence-electron chi connectivity index (χ2n) is 4.71. The first-order chi connectivity index (χ1) is 10.1. The Balaban J connectivity index is 2.12. The van der Waals surface area contributed by atoms with Gasteiger partial charge in [0.2, 0.25) is 0 Å². The minimum atomic E-state index is 0.306. The highest BCUT2D eigenvalue weighted by Gasteiger charge is 2.08. The molecule has 0 aromatic heterocycles. The largest absolute Gasteiger partial charge is 0.494 e. The molecule has 0 saturated heterocycles. The molecule has 0 aliphatic carbocycles. The summed E-state index contributed by atoms with van der Waals surface area (Å²) >= 11 is 3.56. The third-order valence-corrected chi connectivity index (χ3v) is 3.87. The van der Waals surface area contributed by atoms with Crippen molar-refractivity contribution in [3.05, 3.63) is 52.5 Å². The number of halogens is 1. The lowest BCUT2D eigenvalue weighted by molar-refractivity contribution is 0.339. The average molecular weight is 350 g/mol. The maximum absolute atomic E-state index is 5.89. The molecule has 0 heterocycles. The summed E-state index contributed by atoms with van der Waals surface area (Å²) in [6.07, 6.45) is 0. The van der Waals surface area contributed by atoms with Crippen LogP contribution in [0.4, 0.5) is 0 Å². The molecule has 1 N–H and O–H groups in total. The van der Waals surface area contributed by atoms with E-state index in [1.807, 2.05) is 44.3 Å². The van der Waals surface area contributed by atoms with Crippen molar-refractivity contribution in [2.45, 2.75) is 19.9 Å². The van der Waals surface area contributed by atoms with Crippen LogP contribution >= 0.6 is 15.9 Å². The van der Waals surface area contributed by atoms with Gasteiger partial charge in [-0.15, -0.1) is 0 Å². The molecule has 112 valence electrons. The third kappa shape index (κ3) is 4.22. The van der Waals surface area contributed by atoms with Crippen LogP contribution < -0.4 is 14.8 Å². The summed E-state index contributed by atoms with van der Waals surface area (Å²) in [7, 11) is 1.95. The van der Waals surface area contributed by atoms with Gasteiger partial charge in [-0.05, 0) is 78.8 Å². The van der Waals surface area contributed by atoms with Crippen LogP contribution in [-0.2, 0) is 0 Å². The lowest BCUT2D eigenvalue weighted by Gasteiger charge is -2.13. The Morgan fingerprint density at radius 2 is 1.76 bits per heavy atom. The molecule has 0 bridgehead atoms. The molecule has 21 heavy (non-hydrogen) atoms. The van der Waals surface area contributed by atoms with E-state index in [4.69, 9.17) is 9.47 Å². The van der Waals surface area contributed by atoms with Crippen molar-refractivity contribution in [1.82, 2.24) is 5.32 Å². The van der Waals surface area contributed by atoms with Gasteiger partial charge in [-0.1, -0.05) is 6.07 Å². The predicted molar refractivity (Wildman–Crippen MR) is 89.3 cm³/mol. The lowest BCUT2D eigenvalue weighted by Crippen LogP contribution is -2.12. The van der Waals surface area contributed by atoms with Gasteiger partial charge < -0.3 is 14.8 Å². The maximum Gasteiger partial charge on any atom is 0.141 e. The summed E-state index contributed by atoms with van der Waals surface area (Å²) in [5.41, 5.74) is 1.21. The van der Waals surface area contributed by atoms with E-state index in [1.54, 1.807) is 0 Å². The van der Waals surface area contributed by atoms with Gasteiger partial charge in [0.05, 0.1) is 11.1 Å². The van der Waals surface area contributed by atoms with Crippen molar-refractivity contribution in [2.75, 3.05) is 13.7 Å². The molecule has 2 rings (SSSR count). The van der Waals surface area contributed by atoms with Crippen LogP contribution in [0.15, 0.2) is 46.9 Å². The van der Waals surface area contributed by atoms with Gasteiger partial charge in [0, 0.05) is 6.04 Å². The first-order valence-corrected chi connectivity index (χ1v) is 7.80. The van der Waals surface area contributed by atoms with Gasteiger partial charge in [0.15, 0.2) is 0 Å². The topological polar surface area (TPSA) is 30.5 Å². The van der Waals surface area contributed by atoms with E-state index in [2.05, 4.69) is 40.3 Å². The zero-order valence-corrected chi connectivity index (χ0v) is 14.1. The number of rotatable bonds is 6. The summed E-state index contributed by atoms with van der Waals surface area (Å²) in [6, 6.07) is 14.0. The van der Waals surface area contributed by atoms with Crippen molar-refractivity contribution in [3.8, 4) is 17.2 Å². The van der Waals surface area contributed by atoms with Crippen molar-refractivity contribution in [2.24, 2.45) is 0 Å². The Hall–Kier alpha value is -1.52. The fourth-order valence-corrected chi connectivity index (χ4v) is 2.41. The highest BCUT2D eigenvalue weighted by molar-refractivity contribution is 9.10. The Morgan fingerprint density at radius 3 is 2.33 bits per heavy atom. The van der Waals surface area contributed by atoms with E-state index in [0.29, 0.717) is 12.6 Å². The Morgan fingerprint density at radius 1 is 1.10 bits per heavy atom. The molecule has 0 saturated carbocycles. The fraction of sp³-hybridized carbons (Fsp3) is 0.294. The van der Waals surface area contributed by atoms with Crippen LogP contribution in [0, 0.1) is 0 Å². The molecule has 1 unspecified atom stereocenters. The monoisotopic (exact) mass is 349 g/mol. The van der Waals surface area contributed by atoms with Crippen LogP contribution in [-0.4, -0.2) is 13.7 Å². The van der Waals surface area contributed by atoms with Crippen molar-refractivity contribution >= 4 is 15.9 Å². The normalized spacial score (nSPS) is 12.0. The van der Waals surface area contributed by atoms with Gasteiger partial charge in [0.25, 0.3) is 0 Å². The molecule has 0 amide bonds. The number of benzene rings is 2. The maximum atomic E-state index is 5.89. The van der Waals surface area contributed by atoms with Crippen molar-refractivity contribution in [1.29, 1.82) is 0 Å². The van der Waals surface area contributed by atoms with E-state index in [0.717, 1.165) is 21.7 Å². The average Bonchev–Trinajstić information content (AvgIpc) is 2.50. The molecule has 2 aromatic carbocycles. The van der Waals surface area contributed by atoms with Gasteiger partial charge in [0.1, 0.15) is 17.2 Å². The lowest BCUT2D eigenvalue weighted by atomic mass is 10.1. The first kappa shape index (κ1) is 15.9. The zero-order chi connectivity index (χ0) is 15.2. The van der Waals surface area contributed by atoms with E-state index >= 15 is 0 Å². The number of ether oxygens (including phenoxy) is 2. The molecule has 0 fully saturated rings. The summed E-state index contributed by atoms with van der Waals surface area (Å²) in [4.78, 5) is 0. The van der Waals surface area contributed by atoms with E-state index < -0.39 is 0 Å². The molecule has 1 atom stereocenters. The van der Waals surface area contributed by atoms with Gasteiger partial charge >= 0.3 is 0 Å². The van der Waals surface area contributed by atoms with E-state index in [1.165, 1.54) is 5.56 Å². The zero-order valence-electron chi connectivity index (χ0n) is 12.5. The number of hydrogen-bond donors (Lipinski definition) is 1. The summed E-state index contributed by atoms with van der Waals surface area (Å²) in [5.74, 6) is 2.43. The van der Waals surface area contributed by atoms with Crippen molar-refractivity contribution in [3.63, 3.8) is 0 Å². The summed E-state index contributed by atoms with van der Waals surface area (Å²) < 4.78 is 12.2. The van der Waals surface area contributed by atoms with E-state index in [-0.39, 0.29) is 0 Å². The predicted octanol–water partition coefficient (Wildman–Crippen LogP) is 4.92. The molecule has 2 aromatic rings. The van der Waals surface area contributed by atoms with E-state index in [9.17, 15) is 0 Å². The van der Waals surface area contributed by atoms with Gasteiger partial charge in [-0.2, -0.15) is 0 Å². The Bertz CT molecular complexity index is 584. The highest BCUT2D eigenvalue weighted by Crippen LogP contribution is 2.32. The number of nitrogens with one attached hydrogen (secondary N) is 1. The quantitative estimate of drug-likeness (QED) is 0.802. The molecule has 0 radical (unpaired) electrons. The van der Waals surface area contributed by atoms with Crippen LogP contribution in [0.25, 0.3) is 0 Å². The van der Waals surface area contributed by atoms with Gasteiger partial charge in [-0.3, -0.25) is 0 Å². The highest BCUT2D eigenvalue weighted by atomic mass is 79.9. The molecule has 0 aliphatic heterocycles. The second kappa shape index (κ2) is 7.48. The van der Waals surface area contributed by atoms with Crippen molar-refractivity contribution < 1.29 is 9.47 Å². The third-order valence-electron chi connectivity index (χ3n) is 3.25. The smallest absolute Gasteiger partial charge is 0.141 e. The first-order valence-electron chi connectivity index (χ1n) is 7.01. The van der Waals surface area contributed by atoms with Crippen LogP contribution in [0.3, 0.4) is 0 Å². The van der Waals surface area contributed by atoms with Crippen LogP contribution in [0.2, 0.25) is 0 Å². The fourth-order valence-electron chi connectivity index (χ4n) is 1.93. The molecule has 4 heteroatoms. The Kier molecular flexibility index (Phi) is 5.65. The van der Waals surface area contributed by atoms with Crippen LogP contribution in [0.5, 0.6) is 17.2 Å². The molecular formula is C17H20BrNO2. The Labute approximate surface area is 134 Å². The summed E-state index contributed by atoms with van der Waals surface area (Å²) in [5, 5.41) is 3.22. The summed E-state index contributed by atoms with van der Waals surface area (Å²) in [6.45, 7) is 4.75. The molecule has 0 aliphatic rings. The van der Waals surface area contributed by atoms with Gasteiger partial charge in [-0.25, -0.2) is 0 Å². The minimum absolute atomic E-state index is 0.306. The molecule has 3 nitrogen and oxygen atoms in total. The minimum Gasteiger partial charge on any atom is -0.494 e. The van der Waals surface area contributed by atoms with Crippen LogP contribution in [0.1, 0.15) is 25.5 Å². The SMILES string of the molecule is CCOc1ccc(Oc2ccc(C(C)NC)cc2Br)cc1. The second-order valence-corrected chi connectivity index (χ2v) is 5.56. The number of hydrogen-bond acceptors (Lipinski definition) is 3. The molecule has 0 spiro atoms. The standard InChI is InChI=1S/C17H20BrNO2/c1-4-20-14-6-8-15(9-7-14)21-17-10-5-13(11-16(17)18)12(2)19-3/h5-12,19H,4H2,1-3H3.